The number of aromatic nitrogens is 4. The molecule has 3 aromatic heterocycles. The average molecular weight is 441 g/mol. The maximum atomic E-state index is 12.4. The number of benzene rings is 1. The van der Waals surface area contributed by atoms with Gasteiger partial charge < -0.3 is 20.3 Å². The molecule has 2 unspecified atom stereocenters. The lowest BCUT2D eigenvalue weighted by molar-refractivity contribution is 0.121. The molecule has 2 atom stereocenters. The fourth-order valence-corrected chi connectivity index (χ4v) is 4.76. The Bertz CT molecular complexity index is 1260. The van der Waals surface area contributed by atoms with Crippen molar-refractivity contribution in [3.63, 3.8) is 0 Å². The molecule has 8 heteroatoms. The first kappa shape index (κ1) is 19.9. The van der Waals surface area contributed by atoms with E-state index in [9.17, 15) is 5.11 Å². The maximum Gasteiger partial charge on any atom is 0.162 e. The second-order valence-corrected chi connectivity index (χ2v) is 8.80. The van der Waals surface area contributed by atoms with Crippen LogP contribution < -0.4 is 10.6 Å². The standard InChI is InChI=1S/C25H24N6O2/c1-14-22(15(2)33-31-14)17-9-19(23-20(10-17)29-24(30-23)16-6-7-16)25(32,18-11-26-13-27-12-18)21-5-3-4-8-28-21/h3-5,8-13,16,24,29-30,32H,6-7H2,1-2H3. The van der Waals surface area contributed by atoms with Crippen LogP contribution in [0.4, 0.5) is 11.4 Å². The summed E-state index contributed by atoms with van der Waals surface area (Å²) in [4.78, 5) is 12.9. The van der Waals surface area contributed by atoms with Gasteiger partial charge in [-0.2, -0.15) is 0 Å². The summed E-state index contributed by atoms with van der Waals surface area (Å²) < 4.78 is 5.45. The van der Waals surface area contributed by atoms with Gasteiger partial charge in [-0.1, -0.05) is 11.2 Å². The molecule has 6 rings (SSSR count). The van der Waals surface area contributed by atoms with Gasteiger partial charge in [0, 0.05) is 35.3 Å². The van der Waals surface area contributed by atoms with Gasteiger partial charge in [-0.3, -0.25) is 4.98 Å². The van der Waals surface area contributed by atoms with Crippen molar-refractivity contribution < 1.29 is 9.63 Å². The van der Waals surface area contributed by atoms with Crippen LogP contribution in [0.1, 0.15) is 41.1 Å². The molecule has 0 amide bonds. The van der Waals surface area contributed by atoms with Crippen molar-refractivity contribution in [2.75, 3.05) is 10.6 Å². The van der Waals surface area contributed by atoms with Crippen LogP contribution >= 0.6 is 0 Å². The number of aliphatic hydroxyl groups is 1. The molecule has 8 nitrogen and oxygen atoms in total. The van der Waals surface area contributed by atoms with Crippen molar-refractivity contribution >= 4 is 11.4 Å². The second kappa shape index (κ2) is 7.38. The number of rotatable bonds is 5. The van der Waals surface area contributed by atoms with E-state index in [4.69, 9.17) is 4.52 Å². The molecule has 2 aliphatic rings. The van der Waals surface area contributed by atoms with Gasteiger partial charge in [0.25, 0.3) is 0 Å². The molecule has 4 aromatic rings. The first-order valence-corrected chi connectivity index (χ1v) is 11.1. The smallest absolute Gasteiger partial charge is 0.162 e. The van der Waals surface area contributed by atoms with E-state index in [1.807, 2.05) is 38.1 Å². The highest BCUT2D eigenvalue weighted by atomic mass is 16.5. The molecular weight excluding hydrogens is 416 g/mol. The number of pyridine rings is 1. The Kier molecular flexibility index (Phi) is 4.45. The van der Waals surface area contributed by atoms with Gasteiger partial charge in [-0.15, -0.1) is 0 Å². The predicted molar refractivity (Wildman–Crippen MR) is 124 cm³/mol. The Morgan fingerprint density at radius 3 is 2.58 bits per heavy atom. The summed E-state index contributed by atoms with van der Waals surface area (Å²) in [6.45, 7) is 3.82. The summed E-state index contributed by atoms with van der Waals surface area (Å²) in [5, 5.41) is 23.8. The minimum absolute atomic E-state index is 0.124. The van der Waals surface area contributed by atoms with Crippen LogP contribution in [0.2, 0.25) is 0 Å². The molecular formula is C25H24N6O2. The van der Waals surface area contributed by atoms with E-state index in [1.54, 1.807) is 18.6 Å². The molecule has 1 aromatic carbocycles. The molecule has 0 bridgehead atoms. The topological polar surface area (TPSA) is 109 Å². The van der Waals surface area contributed by atoms with Crippen LogP contribution in [-0.4, -0.2) is 31.4 Å². The van der Waals surface area contributed by atoms with Gasteiger partial charge >= 0.3 is 0 Å². The Labute approximate surface area is 191 Å². The minimum Gasteiger partial charge on any atom is -0.374 e. The van der Waals surface area contributed by atoms with E-state index in [0.29, 0.717) is 22.7 Å². The highest BCUT2D eigenvalue weighted by Crippen LogP contribution is 2.49. The summed E-state index contributed by atoms with van der Waals surface area (Å²) in [6, 6.07) is 9.62. The van der Waals surface area contributed by atoms with E-state index in [2.05, 4.69) is 36.8 Å². The zero-order chi connectivity index (χ0) is 22.6. The minimum atomic E-state index is -1.57. The van der Waals surface area contributed by atoms with Crippen LogP contribution in [-0.2, 0) is 5.60 Å². The highest BCUT2D eigenvalue weighted by molar-refractivity contribution is 5.86. The number of nitrogens with zero attached hydrogens (tertiary/aromatic N) is 4. The molecule has 1 aliphatic carbocycles. The number of anilines is 2. The predicted octanol–water partition coefficient (Wildman–Crippen LogP) is 4.00. The van der Waals surface area contributed by atoms with Crippen molar-refractivity contribution in [3.05, 3.63) is 83.5 Å². The molecule has 4 heterocycles. The molecule has 166 valence electrons. The van der Waals surface area contributed by atoms with Crippen LogP contribution in [0.25, 0.3) is 11.1 Å². The summed E-state index contributed by atoms with van der Waals surface area (Å²) >= 11 is 0. The van der Waals surface area contributed by atoms with Crippen molar-refractivity contribution in [3.8, 4) is 11.1 Å². The normalized spacial score (nSPS) is 18.8. The lowest BCUT2D eigenvalue weighted by Gasteiger charge is -2.30. The first-order valence-electron chi connectivity index (χ1n) is 11.1. The summed E-state index contributed by atoms with van der Waals surface area (Å²) in [6.07, 6.45) is 8.90. The Hall–Kier alpha value is -3.78. The van der Waals surface area contributed by atoms with E-state index >= 15 is 0 Å². The van der Waals surface area contributed by atoms with E-state index < -0.39 is 5.60 Å². The average Bonchev–Trinajstić information content (AvgIpc) is 3.53. The van der Waals surface area contributed by atoms with Gasteiger partial charge in [0.15, 0.2) is 5.60 Å². The fourth-order valence-electron chi connectivity index (χ4n) is 4.76. The number of hydrogen-bond donors (Lipinski definition) is 3. The monoisotopic (exact) mass is 440 g/mol. The largest absolute Gasteiger partial charge is 0.374 e. The van der Waals surface area contributed by atoms with E-state index in [1.165, 1.54) is 19.2 Å². The molecule has 1 fully saturated rings. The first-order chi connectivity index (χ1) is 16.1. The van der Waals surface area contributed by atoms with Crippen LogP contribution in [0.15, 0.2) is 59.8 Å². The van der Waals surface area contributed by atoms with Crippen molar-refractivity contribution in [1.82, 2.24) is 20.1 Å². The quantitative estimate of drug-likeness (QED) is 0.427. The third-order valence-electron chi connectivity index (χ3n) is 6.57. The van der Waals surface area contributed by atoms with E-state index in [-0.39, 0.29) is 6.17 Å². The summed E-state index contributed by atoms with van der Waals surface area (Å²) in [5.74, 6) is 1.29. The molecule has 0 radical (unpaired) electrons. The lowest BCUT2D eigenvalue weighted by Crippen LogP contribution is -2.32. The third kappa shape index (κ3) is 3.17. The second-order valence-electron chi connectivity index (χ2n) is 8.80. The van der Waals surface area contributed by atoms with Crippen molar-refractivity contribution in [1.29, 1.82) is 0 Å². The van der Waals surface area contributed by atoms with Crippen LogP contribution in [0.5, 0.6) is 0 Å². The zero-order valence-corrected chi connectivity index (χ0v) is 18.4. The molecule has 1 saturated carbocycles. The lowest BCUT2D eigenvalue weighted by atomic mass is 9.81. The van der Waals surface area contributed by atoms with Crippen molar-refractivity contribution in [2.45, 2.75) is 38.5 Å². The molecule has 0 saturated heterocycles. The number of aryl methyl sites for hydroxylation is 2. The third-order valence-corrected chi connectivity index (χ3v) is 6.57. The molecule has 3 N–H and O–H groups in total. The Morgan fingerprint density at radius 1 is 1.09 bits per heavy atom. The summed E-state index contributed by atoms with van der Waals surface area (Å²) in [5.41, 5.74) is 4.57. The maximum absolute atomic E-state index is 12.4. The number of nitrogens with one attached hydrogen (secondary N) is 2. The van der Waals surface area contributed by atoms with Gasteiger partial charge in [0.2, 0.25) is 0 Å². The van der Waals surface area contributed by atoms with Crippen molar-refractivity contribution in [2.24, 2.45) is 5.92 Å². The number of fused-ring (bicyclic) bond motifs is 1. The Morgan fingerprint density at radius 2 is 1.91 bits per heavy atom. The molecule has 33 heavy (non-hydrogen) atoms. The van der Waals surface area contributed by atoms with E-state index in [0.717, 1.165) is 34.0 Å². The molecule has 1 aliphatic heterocycles. The number of hydrogen-bond acceptors (Lipinski definition) is 8. The van der Waals surface area contributed by atoms with Gasteiger partial charge in [0.1, 0.15) is 12.1 Å². The zero-order valence-electron chi connectivity index (χ0n) is 18.4. The highest BCUT2D eigenvalue weighted by Gasteiger charge is 2.43. The van der Waals surface area contributed by atoms with Crippen LogP contribution in [0, 0.1) is 19.8 Å². The fraction of sp³-hybridized carbons (Fsp3) is 0.280. The molecule has 0 spiro atoms. The van der Waals surface area contributed by atoms with Gasteiger partial charge in [-0.05, 0) is 62.4 Å². The SMILES string of the molecule is Cc1noc(C)c1-c1cc2c(c(C(O)(c3cncnc3)c3ccccn3)c1)NC(C1CC1)N2. The van der Waals surface area contributed by atoms with Crippen LogP contribution in [0.3, 0.4) is 0 Å². The summed E-state index contributed by atoms with van der Waals surface area (Å²) in [7, 11) is 0. The van der Waals surface area contributed by atoms with Gasteiger partial charge in [0.05, 0.1) is 28.9 Å². The Balaban J connectivity index is 1.63. The van der Waals surface area contributed by atoms with Gasteiger partial charge in [-0.25, -0.2) is 9.97 Å².